The highest BCUT2D eigenvalue weighted by molar-refractivity contribution is 6.30. The molecule has 0 amide bonds. The number of hydrogen-bond donors (Lipinski definition) is 0. The molecule has 5 heteroatoms. The van der Waals surface area contributed by atoms with Gasteiger partial charge in [-0.05, 0) is 36.8 Å². The standard InChI is InChI=1S/C21H17ClN2O2/c1-2-26-21(25)14-24-13-17(19-8-3-4-9-20(19)24)10-16(12-23)15-6-5-7-18(22)11-15/h3-11,13H,2,14H2,1H3/b16-10+. The van der Waals surface area contributed by atoms with Crippen molar-refractivity contribution in [1.82, 2.24) is 4.57 Å². The minimum Gasteiger partial charge on any atom is -0.465 e. The normalized spacial score (nSPS) is 11.3. The van der Waals surface area contributed by atoms with E-state index in [1.54, 1.807) is 19.1 Å². The molecule has 130 valence electrons. The minimum absolute atomic E-state index is 0.126. The van der Waals surface area contributed by atoms with Gasteiger partial charge in [0.15, 0.2) is 0 Å². The monoisotopic (exact) mass is 364 g/mol. The van der Waals surface area contributed by atoms with Crippen LogP contribution < -0.4 is 0 Å². The fourth-order valence-electron chi connectivity index (χ4n) is 2.86. The molecule has 1 heterocycles. The van der Waals surface area contributed by atoms with Gasteiger partial charge in [0.25, 0.3) is 0 Å². The molecule has 0 saturated heterocycles. The smallest absolute Gasteiger partial charge is 0.325 e. The highest BCUT2D eigenvalue weighted by Gasteiger charge is 2.11. The number of aromatic nitrogens is 1. The van der Waals surface area contributed by atoms with Crippen LogP contribution in [0, 0.1) is 11.3 Å². The van der Waals surface area contributed by atoms with E-state index in [-0.39, 0.29) is 12.5 Å². The third kappa shape index (κ3) is 3.79. The van der Waals surface area contributed by atoms with E-state index in [0.717, 1.165) is 22.0 Å². The predicted octanol–water partition coefficient (Wildman–Crippen LogP) is 4.92. The largest absolute Gasteiger partial charge is 0.465 e. The van der Waals surface area contributed by atoms with Gasteiger partial charge >= 0.3 is 5.97 Å². The number of nitrogens with zero attached hydrogens (tertiary/aromatic N) is 2. The Morgan fingerprint density at radius 3 is 2.81 bits per heavy atom. The first-order valence-electron chi connectivity index (χ1n) is 8.23. The first-order chi connectivity index (χ1) is 12.6. The number of fused-ring (bicyclic) bond motifs is 1. The maximum atomic E-state index is 11.9. The second-order valence-corrected chi connectivity index (χ2v) is 6.15. The summed E-state index contributed by atoms with van der Waals surface area (Å²) in [4.78, 5) is 11.9. The molecule has 0 radical (unpaired) electrons. The zero-order valence-corrected chi connectivity index (χ0v) is 15.0. The number of nitriles is 1. The molecule has 0 aliphatic rings. The van der Waals surface area contributed by atoms with E-state index in [1.165, 1.54) is 0 Å². The Balaban J connectivity index is 2.07. The molecule has 26 heavy (non-hydrogen) atoms. The molecule has 0 unspecified atom stereocenters. The van der Waals surface area contributed by atoms with Crippen LogP contribution in [-0.2, 0) is 16.1 Å². The molecule has 0 aliphatic carbocycles. The van der Waals surface area contributed by atoms with Crippen LogP contribution >= 0.6 is 11.6 Å². The molecule has 3 rings (SSSR count). The molecule has 2 aromatic carbocycles. The van der Waals surface area contributed by atoms with Gasteiger partial charge in [-0.15, -0.1) is 0 Å². The van der Waals surface area contributed by atoms with E-state index < -0.39 is 0 Å². The van der Waals surface area contributed by atoms with Crippen LogP contribution in [0.25, 0.3) is 22.6 Å². The van der Waals surface area contributed by atoms with E-state index in [2.05, 4.69) is 6.07 Å². The van der Waals surface area contributed by atoms with E-state index >= 15 is 0 Å². The van der Waals surface area contributed by atoms with E-state index in [1.807, 2.05) is 53.2 Å². The first kappa shape index (κ1) is 17.8. The zero-order chi connectivity index (χ0) is 18.5. The lowest BCUT2D eigenvalue weighted by Crippen LogP contribution is -2.12. The average molecular weight is 365 g/mol. The maximum absolute atomic E-state index is 11.9. The van der Waals surface area contributed by atoms with Crippen molar-refractivity contribution < 1.29 is 9.53 Å². The highest BCUT2D eigenvalue weighted by atomic mass is 35.5. The molecular weight excluding hydrogens is 348 g/mol. The van der Waals surface area contributed by atoms with E-state index in [9.17, 15) is 10.1 Å². The van der Waals surface area contributed by atoms with Gasteiger partial charge in [0.1, 0.15) is 6.54 Å². The van der Waals surface area contributed by atoms with Gasteiger partial charge in [0.05, 0.1) is 18.2 Å². The topological polar surface area (TPSA) is 55.0 Å². The van der Waals surface area contributed by atoms with Gasteiger partial charge in [-0.3, -0.25) is 4.79 Å². The number of ether oxygens (including phenoxy) is 1. The van der Waals surface area contributed by atoms with E-state index in [0.29, 0.717) is 17.2 Å². The second kappa shape index (κ2) is 7.90. The van der Waals surface area contributed by atoms with Crippen LogP contribution in [0.3, 0.4) is 0 Å². The molecule has 0 atom stereocenters. The van der Waals surface area contributed by atoms with Crippen LogP contribution in [0.4, 0.5) is 0 Å². The van der Waals surface area contributed by atoms with Gasteiger partial charge < -0.3 is 9.30 Å². The van der Waals surface area contributed by atoms with E-state index in [4.69, 9.17) is 16.3 Å². The maximum Gasteiger partial charge on any atom is 0.325 e. The number of allylic oxidation sites excluding steroid dienone is 1. The van der Waals surface area contributed by atoms with Crippen LogP contribution in [0.15, 0.2) is 54.7 Å². The summed E-state index contributed by atoms with van der Waals surface area (Å²) < 4.78 is 6.89. The van der Waals surface area contributed by atoms with Gasteiger partial charge in [0, 0.05) is 27.7 Å². The van der Waals surface area contributed by atoms with Crippen LogP contribution in [0.2, 0.25) is 5.02 Å². The number of hydrogen-bond acceptors (Lipinski definition) is 3. The van der Waals surface area contributed by atoms with Crippen molar-refractivity contribution >= 4 is 40.1 Å². The molecule has 0 fully saturated rings. The summed E-state index contributed by atoms with van der Waals surface area (Å²) in [6, 6.07) is 17.2. The lowest BCUT2D eigenvalue weighted by atomic mass is 10.0. The Morgan fingerprint density at radius 1 is 1.27 bits per heavy atom. The molecule has 3 aromatic rings. The van der Waals surface area contributed by atoms with Crippen molar-refractivity contribution in [2.24, 2.45) is 0 Å². The van der Waals surface area contributed by atoms with Gasteiger partial charge in [0.2, 0.25) is 0 Å². The number of para-hydroxylation sites is 1. The molecule has 1 aromatic heterocycles. The summed E-state index contributed by atoms with van der Waals surface area (Å²) in [5.74, 6) is -0.292. The van der Waals surface area contributed by atoms with Gasteiger partial charge in [-0.25, -0.2) is 0 Å². The predicted molar refractivity (Wildman–Crippen MR) is 104 cm³/mol. The Hall–Kier alpha value is -3.03. The summed E-state index contributed by atoms with van der Waals surface area (Å²) in [5.41, 5.74) is 3.03. The summed E-state index contributed by atoms with van der Waals surface area (Å²) in [5, 5.41) is 11.1. The number of esters is 1. The number of carbonyl (C=O) groups is 1. The summed E-state index contributed by atoms with van der Waals surface area (Å²) in [6.07, 6.45) is 3.68. The lowest BCUT2D eigenvalue weighted by Gasteiger charge is -2.04. The first-order valence-corrected chi connectivity index (χ1v) is 8.61. The molecule has 0 aliphatic heterocycles. The van der Waals surface area contributed by atoms with Crippen molar-refractivity contribution in [2.45, 2.75) is 13.5 Å². The molecule has 4 nitrogen and oxygen atoms in total. The second-order valence-electron chi connectivity index (χ2n) is 5.71. The fourth-order valence-corrected chi connectivity index (χ4v) is 3.05. The van der Waals surface area contributed by atoms with Crippen LogP contribution in [0.1, 0.15) is 18.1 Å². The van der Waals surface area contributed by atoms with Gasteiger partial charge in [-0.1, -0.05) is 41.9 Å². The zero-order valence-electron chi connectivity index (χ0n) is 14.3. The fraction of sp³-hybridized carbons (Fsp3) is 0.143. The van der Waals surface area contributed by atoms with Crippen molar-refractivity contribution in [3.8, 4) is 6.07 Å². The van der Waals surface area contributed by atoms with Crippen molar-refractivity contribution in [3.05, 3.63) is 70.9 Å². The van der Waals surface area contributed by atoms with Crippen molar-refractivity contribution in [2.75, 3.05) is 6.61 Å². The van der Waals surface area contributed by atoms with Crippen molar-refractivity contribution in [3.63, 3.8) is 0 Å². The molecular formula is C21H17ClN2O2. The van der Waals surface area contributed by atoms with Gasteiger partial charge in [-0.2, -0.15) is 5.26 Å². The Morgan fingerprint density at radius 2 is 2.08 bits per heavy atom. The summed E-state index contributed by atoms with van der Waals surface area (Å²) in [7, 11) is 0. The van der Waals surface area contributed by atoms with Crippen molar-refractivity contribution in [1.29, 1.82) is 5.26 Å². The number of benzene rings is 2. The van der Waals surface area contributed by atoms with Crippen LogP contribution in [-0.4, -0.2) is 17.1 Å². The molecule has 0 N–H and O–H groups in total. The Bertz CT molecular complexity index is 1030. The lowest BCUT2D eigenvalue weighted by molar-refractivity contribution is -0.143. The van der Waals surface area contributed by atoms with Crippen LogP contribution in [0.5, 0.6) is 0 Å². The Kier molecular flexibility index (Phi) is 5.40. The minimum atomic E-state index is -0.292. The number of carbonyl (C=O) groups excluding carboxylic acids is 1. The summed E-state index contributed by atoms with van der Waals surface area (Å²) >= 11 is 6.04. The molecule has 0 spiro atoms. The number of rotatable bonds is 5. The number of halogens is 1. The molecule has 0 saturated carbocycles. The summed E-state index contributed by atoms with van der Waals surface area (Å²) in [6.45, 7) is 2.25. The quantitative estimate of drug-likeness (QED) is 0.477. The average Bonchev–Trinajstić information content (AvgIpc) is 2.97. The molecule has 0 bridgehead atoms. The Labute approximate surface area is 156 Å². The third-order valence-corrected chi connectivity index (χ3v) is 4.22. The highest BCUT2D eigenvalue weighted by Crippen LogP contribution is 2.27. The SMILES string of the molecule is CCOC(=O)Cn1cc(/C=C(\C#N)c2cccc(Cl)c2)c2ccccc21. The third-order valence-electron chi connectivity index (χ3n) is 3.98.